The molecule has 6 nitrogen and oxygen atoms in total. The van der Waals surface area contributed by atoms with Gasteiger partial charge in [-0.1, -0.05) is 23.2 Å². The summed E-state index contributed by atoms with van der Waals surface area (Å²) in [5.74, 6) is -1.39. The quantitative estimate of drug-likeness (QED) is 0.815. The van der Waals surface area contributed by atoms with Crippen molar-refractivity contribution in [2.24, 2.45) is 0 Å². The van der Waals surface area contributed by atoms with Gasteiger partial charge in [0, 0.05) is 12.7 Å². The number of anilines is 1. The second kappa shape index (κ2) is 6.67. The van der Waals surface area contributed by atoms with Gasteiger partial charge < -0.3 is 5.11 Å². The first kappa shape index (κ1) is 19.8. The van der Waals surface area contributed by atoms with Gasteiger partial charge in [0.1, 0.15) is 6.54 Å². The summed E-state index contributed by atoms with van der Waals surface area (Å²) in [4.78, 5) is 10.9. The van der Waals surface area contributed by atoms with E-state index in [1.165, 1.54) is 6.92 Å². The maximum Gasteiger partial charge on any atom is 0.416 e. The molecule has 0 saturated heterocycles. The molecule has 0 aliphatic carbocycles. The van der Waals surface area contributed by atoms with E-state index in [-0.39, 0.29) is 12.2 Å². The minimum absolute atomic E-state index is 0.180. The van der Waals surface area contributed by atoms with Crippen LogP contribution in [0.25, 0.3) is 0 Å². The molecular formula is C13H11Cl2F3N2O4S. The van der Waals surface area contributed by atoms with E-state index in [1.54, 1.807) is 0 Å². The zero-order valence-electron chi connectivity index (χ0n) is 12.5. The molecule has 0 fully saturated rings. The Kier molecular flexibility index (Phi) is 5.29. The van der Waals surface area contributed by atoms with Crippen LogP contribution >= 0.6 is 23.2 Å². The van der Waals surface area contributed by atoms with Gasteiger partial charge in [-0.25, -0.2) is 4.31 Å². The molecule has 0 spiro atoms. The van der Waals surface area contributed by atoms with Gasteiger partial charge in [-0.15, -0.1) is 0 Å². The molecule has 0 aromatic heterocycles. The van der Waals surface area contributed by atoms with Crippen LogP contribution in [0, 0.1) is 0 Å². The Bertz CT molecular complexity index is 832. The third kappa shape index (κ3) is 4.02. The summed E-state index contributed by atoms with van der Waals surface area (Å²) < 4.78 is 64.8. The van der Waals surface area contributed by atoms with E-state index in [0.29, 0.717) is 26.3 Å². The normalized spacial score (nSPS) is 18.2. The van der Waals surface area contributed by atoms with Crippen LogP contribution in [0.2, 0.25) is 10.0 Å². The Labute approximate surface area is 151 Å². The predicted octanol–water partition coefficient (Wildman–Crippen LogP) is 3.37. The van der Waals surface area contributed by atoms with Crippen LogP contribution in [0.15, 0.2) is 23.9 Å². The summed E-state index contributed by atoms with van der Waals surface area (Å²) >= 11 is 11.7. The van der Waals surface area contributed by atoms with Gasteiger partial charge in [0.2, 0.25) is 0 Å². The lowest BCUT2D eigenvalue weighted by Crippen LogP contribution is -2.48. The van der Waals surface area contributed by atoms with E-state index in [2.05, 4.69) is 0 Å². The van der Waals surface area contributed by atoms with E-state index in [0.717, 1.165) is 6.20 Å². The van der Waals surface area contributed by atoms with Gasteiger partial charge in [-0.3, -0.25) is 4.79 Å². The molecule has 1 aromatic rings. The first-order valence-electron chi connectivity index (χ1n) is 6.59. The van der Waals surface area contributed by atoms with Crippen LogP contribution in [-0.2, 0) is 21.2 Å². The number of benzene rings is 1. The third-order valence-corrected chi connectivity index (χ3v) is 5.49. The number of aliphatic carboxylic acids is 1. The Morgan fingerprint density at radius 2 is 1.80 bits per heavy atom. The number of hydrogen-bond acceptors (Lipinski definition) is 3. The van der Waals surface area contributed by atoms with Gasteiger partial charge in [0.25, 0.3) is 0 Å². The van der Waals surface area contributed by atoms with Crippen molar-refractivity contribution in [1.29, 1.82) is 0 Å². The van der Waals surface area contributed by atoms with Crippen molar-refractivity contribution in [2.45, 2.75) is 13.1 Å². The standard InChI is InChI=1S/C13H11Cl2F3N2O4S/c1-7-4-19(6-11(21)22)25(23,24)20(5-7)12-9(14)2-8(3-10(12)15)13(16,17)18/h2-3,5H,4,6H2,1H3,(H,21,22). The lowest BCUT2D eigenvalue weighted by Gasteiger charge is -2.34. The average molecular weight is 419 g/mol. The van der Waals surface area contributed by atoms with Crippen molar-refractivity contribution >= 4 is 45.1 Å². The van der Waals surface area contributed by atoms with Crippen LogP contribution < -0.4 is 4.31 Å². The highest BCUT2D eigenvalue weighted by Crippen LogP contribution is 2.42. The van der Waals surface area contributed by atoms with Crippen molar-refractivity contribution in [2.75, 3.05) is 17.4 Å². The van der Waals surface area contributed by atoms with Gasteiger partial charge in [-0.2, -0.15) is 25.9 Å². The Morgan fingerprint density at radius 3 is 2.24 bits per heavy atom. The number of hydrogen-bond donors (Lipinski definition) is 1. The molecule has 0 saturated carbocycles. The SMILES string of the molecule is CC1=CN(c2c(Cl)cc(C(F)(F)F)cc2Cl)S(=O)(=O)N(CC(=O)O)C1. The van der Waals surface area contributed by atoms with Gasteiger partial charge >= 0.3 is 22.4 Å². The van der Waals surface area contributed by atoms with Gasteiger partial charge in [0.05, 0.1) is 21.3 Å². The number of carbonyl (C=O) groups is 1. The molecule has 2 rings (SSSR count). The molecule has 0 bridgehead atoms. The maximum atomic E-state index is 12.8. The van der Waals surface area contributed by atoms with Crippen molar-refractivity contribution in [3.63, 3.8) is 0 Å². The van der Waals surface area contributed by atoms with Crippen molar-refractivity contribution in [1.82, 2.24) is 4.31 Å². The number of rotatable bonds is 3. The number of alkyl halides is 3. The average Bonchev–Trinajstić information content (AvgIpc) is 2.41. The Balaban J connectivity index is 2.60. The summed E-state index contributed by atoms with van der Waals surface area (Å²) in [7, 11) is -4.38. The molecule has 12 heteroatoms. The van der Waals surface area contributed by atoms with Crippen molar-refractivity contribution < 1.29 is 31.5 Å². The smallest absolute Gasteiger partial charge is 0.416 e. The van der Waals surface area contributed by atoms with E-state index in [9.17, 15) is 26.4 Å². The monoisotopic (exact) mass is 418 g/mol. The minimum Gasteiger partial charge on any atom is -0.480 e. The van der Waals surface area contributed by atoms with E-state index < -0.39 is 44.5 Å². The van der Waals surface area contributed by atoms with E-state index in [1.807, 2.05) is 0 Å². The summed E-state index contributed by atoms with van der Waals surface area (Å²) in [5.41, 5.74) is -1.07. The first-order chi connectivity index (χ1) is 11.3. The fourth-order valence-electron chi connectivity index (χ4n) is 2.20. The number of halogens is 5. The van der Waals surface area contributed by atoms with Crippen LogP contribution in [0.3, 0.4) is 0 Å². The Morgan fingerprint density at radius 1 is 1.28 bits per heavy atom. The van der Waals surface area contributed by atoms with Crippen LogP contribution in [0.4, 0.5) is 18.9 Å². The van der Waals surface area contributed by atoms with Gasteiger partial charge in [0.15, 0.2) is 0 Å². The highest BCUT2D eigenvalue weighted by molar-refractivity contribution is 7.90. The molecular weight excluding hydrogens is 408 g/mol. The predicted molar refractivity (Wildman–Crippen MR) is 85.8 cm³/mol. The Hall–Kier alpha value is -1.49. The molecule has 0 radical (unpaired) electrons. The zero-order chi connectivity index (χ0) is 19.2. The molecule has 25 heavy (non-hydrogen) atoms. The minimum atomic E-state index is -4.71. The maximum absolute atomic E-state index is 12.8. The van der Waals surface area contributed by atoms with E-state index >= 15 is 0 Å². The number of nitrogens with zero attached hydrogens (tertiary/aromatic N) is 2. The first-order valence-corrected chi connectivity index (χ1v) is 8.74. The van der Waals surface area contributed by atoms with Crippen molar-refractivity contribution in [3.05, 3.63) is 39.5 Å². The van der Waals surface area contributed by atoms with Crippen molar-refractivity contribution in [3.8, 4) is 0 Å². The third-order valence-electron chi connectivity index (χ3n) is 3.21. The number of carboxylic acid groups (broad SMARTS) is 1. The highest BCUT2D eigenvalue weighted by Gasteiger charge is 2.38. The number of carboxylic acids is 1. The van der Waals surface area contributed by atoms with Gasteiger partial charge in [-0.05, 0) is 24.6 Å². The lowest BCUT2D eigenvalue weighted by atomic mass is 10.2. The largest absolute Gasteiger partial charge is 0.480 e. The van der Waals surface area contributed by atoms with Crippen LogP contribution in [0.1, 0.15) is 12.5 Å². The zero-order valence-corrected chi connectivity index (χ0v) is 14.8. The topological polar surface area (TPSA) is 77.9 Å². The summed E-state index contributed by atoms with van der Waals surface area (Å²) in [6, 6.07) is 1.11. The molecule has 1 aliphatic heterocycles. The summed E-state index contributed by atoms with van der Waals surface area (Å²) in [6.07, 6.45) is -3.58. The molecule has 0 amide bonds. The second-order valence-corrected chi connectivity index (χ2v) is 7.85. The fraction of sp³-hybridized carbons (Fsp3) is 0.308. The fourth-order valence-corrected chi connectivity index (χ4v) is 4.60. The van der Waals surface area contributed by atoms with E-state index in [4.69, 9.17) is 28.3 Å². The molecule has 138 valence electrons. The summed E-state index contributed by atoms with van der Waals surface area (Å²) in [6.45, 7) is 0.531. The molecule has 1 N–H and O–H groups in total. The highest BCUT2D eigenvalue weighted by atomic mass is 35.5. The van der Waals surface area contributed by atoms with Crippen LogP contribution in [0.5, 0.6) is 0 Å². The summed E-state index contributed by atoms with van der Waals surface area (Å²) in [5, 5.41) is 7.78. The molecule has 1 aromatic carbocycles. The molecule has 0 atom stereocenters. The van der Waals surface area contributed by atoms with Crippen LogP contribution in [-0.4, -0.2) is 36.9 Å². The molecule has 1 heterocycles. The second-order valence-electron chi connectivity index (χ2n) is 5.23. The molecule has 0 unspecified atom stereocenters. The molecule has 1 aliphatic rings. The lowest BCUT2D eigenvalue weighted by molar-refractivity contribution is -0.138.